The van der Waals surface area contributed by atoms with Gasteiger partial charge in [-0.3, -0.25) is 5.43 Å². The van der Waals surface area contributed by atoms with E-state index in [2.05, 4.69) is 31.8 Å². The molecular formula is C8H10BrN3OS. The van der Waals surface area contributed by atoms with E-state index < -0.39 is 0 Å². The van der Waals surface area contributed by atoms with Crippen LogP contribution in [0, 0.1) is 0 Å². The summed E-state index contributed by atoms with van der Waals surface area (Å²) in [5.74, 6) is 0.656. The molecule has 4 nitrogen and oxygen atoms in total. The van der Waals surface area contributed by atoms with Crippen LogP contribution in [0.15, 0.2) is 26.3 Å². The van der Waals surface area contributed by atoms with E-state index >= 15 is 0 Å². The van der Waals surface area contributed by atoms with E-state index in [-0.39, 0.29) is 0 Å². The van der Waals surface area contributed by atoms with Gasteiger partial charge in [0.05, 0.1) is 6.21 Å². The van der Waals surface area contributed by atoms with Crippen molar-refractivity contribution in [1.29, 1.82) is 0 Å². The summed E-state index contributed by atoms with van der Waals surface area (Å²) >= 11 is 8.09. The Labute approximate surface area is 95.9 Å². The van der Waals surface area contributed by atoms with Crippen molar-refractivity contribution in [3.05, 3.63) is 22.6 Å². The maximum Gasteiger partial charge on any atom is 0.186 e. The van der Waals surface area contributed by atoms with Gasteiger partial charge in [0, 0.05) is 6.54 Å². The zero-order chi connectivity index (χ0) is 10.4. The maximum atomic E-state index is 5.19. The van der Waals surface area contributed by atoms with Crippen molar-refractivity contribution in [3.63, 3.8) is 0 Å². The van der Waals surface area contributed by atoms with E-state index in [4.69, 9.17) is 16.6 Å². The first-order valence-corrected chi connectivity index (χ1v) is 5.24. The molecule has 14 heavy (non-hydrogen) atoms. The van der Waals surface area contributed by atoms with Gasteiger partial charge in [-0.05, 0) is 47.2 Å². The molecule has 0 radical (unpaired) electrons. The van der Waals surface area contributed by atoms with Crippen LogP contribution in [-0.2, 0) is 0 Å². The molecule has 0 aliphatic heterocycles. The highest BCUT2D eigenvalue weighted by Crippen LogP contribution is 2.11. The number of thiocarbonyl (C=S) groups is 1. The van der Waals surface area contributed by atoms with Gasteiger partial charge in [0.2, 0.25) is 0 Å². The first-order chi connectivity index (χ1) is 6.72. The van der Waals surface area contributed by atoms with Gasteiger partial charge in [0.25, 0.3) is 0 Å². The highest BCUT2D eigenvalue weighted by molar-refractivity contribution is 9.10. The average molecular weight is 276 g/mol. The first kappa shape index (κ1) is 11.2. The Hall–Kier alpha value is -0.880. The van der Waals surface area contributed by atoms with Crippen LogP contribution in [0.25, 0.3) is 0 Å². The van der Waals surface area contributed by atoms with Crippen molar-refractivity contribution < 1.29 is 4.42 Å². The molecule has 0 aliphatic rings. The summed E-state index contributed by atoms with van der Waals surface area (Å²) < 4.78 is 5.86. The highest BCUT2D eigenvalue weighted by atomic mass is 79.9. The molecule has 0 bridgehead atoms. The van der Waals surface area contributed by atoms with E-state index in [0.717, 1.165) is 6.54 Å². The molecule has 76 valence electrons. The van der Waals surface area contributed by atoms with Gasteiger partial charge in [-0.2, -0.15) is 5.10 Å². The molecule has 1 heterocycles. The Morgan fingerprint density at radius 2 is 2.50 bits per heavy atom. The van der Waals surface area contributed by atoms with Gasteiger partial charge >= 0.3 is 0 Å². The third-order valence-corrected chi connectivity index (χ3v) is 1.95. The number of nitrogens with one attached hydrogen (secondary N) is 2. The van der Waals surface area contributed by atoms with Crippen LogP contribution in [0.3, 0.4) is 0 Å². The lowest BCUT2D eigenvalue weighted by molar-refractivity contribution is 0.534. The van der Waals surface area contributed by atoms with E-state index in [0.29, 0.717) is 15.5 Å². The van der Waals surface area contributed by atoms with Crippen LogP contribution in [-0.4, -0.2) is 17.9 Å². The second kappa shape index (κ2) is 5.77. The zero-order valence-electron chi connectivity index (χ0n) is 7.58. The molecule has 6 heteroatoms. The van der Waals surface area contributed by atoms with Crippen LogP contribution >= 0.6 is 28.1 Å². The highest BCUT2D eigenvalue weighted by Gasteiger charge is 1.94. The minimum absolute atomic E-state index is 0.495. The second-order valence-electron chi connectivity index (χ2n) is 2.37. The molecule has 0 aromatic carbocycles. The van der Waals surface area contributed by atoms with Gasteiger partial charge in [-0.1, -0.05) is 0 Å². The fourth-order valence-corrected chi connectivity index (χ4v) is 1.27. The van der Waals surface area contributed by atoms with Crippen LogP contribution in [0.5, 0.6) is 0 Å². The number of halogens is 1. The molecule has 0 aliphatic carbocycles. The summed E-state index contributed by atoms with van der Waals surface area (Å²) in [5.41, 5.74) is 2.66. The third-order valence-electron chi connectivity index (χ3n) is 1.29. The first-order valence-electron chi connectivity index (χ1n) is 4.04. The van der Waals surface area contributed by atoms with Crippen LogP contribution in [0.1, 0.15) is 12.7 Å². The van der Waals surface area contributed by atoms with Gasteiger partial charge in [-0.15, -0.1) is 0 Å². The predicted octanol–water partition coefficient (Wildman–Crippen LogP) is 1.86. The molecule has 1 aromatic heterocycles. The van der Waals surface area contributed by atoms with Crippen molar-refractivity contribution in [1.82, 2.24) is 10.7 Å². The molecule has 1 aromatic rings. The normalized spacial score (nSPS) is 10.4. The lowest BCUT2D eigenvalue weighted by atomic mass is 10.5. The van der Waals surface area contributed by atoms with Crippen molar-refractivity contribution in [2.45, 2.75) is 6.92 Å². The van der Waals surface area contributed by atoms with Gasteiger partial charge in [0.15, 0.2) is 9.78 Å². The Balaban J connectivity index is 2.37. The van der Waals surface area contributed by atoms with Crippen LogP contribution in [0.4, 0.5) is 0 Å². The Morgan fingerprint density at radius 1 is 1.71 bits per heavy atom. The molecule has 1 rings (SSSR count). The molecule has 2 N–H and O–H groups in total. The lowest BCUT2D eigenvalue weighted by Gasteiger charge is -2.01. The second-order valence-corrected chi connectivity index (χ2v) is 3.56. The average Bonchev–Trinajstić information content (AvgIpc) is 2.52. The Morgan fingerprint density at radius 3 is 3.07 bits per heavy atom. The summed E-state index contributed by atoms with van der Waals surface area (Å²) in [6, 6.07) is 3.59. The fraction of sp³-hybridized carbons (Fsp3) is 0.250. The number of hydrogen-bond donors (Lipinski definition) is 2. The Kier molecular flexibility index (Phi) is 4.61. The largest absolute Gasteiger partial charge is 0.448 e. The lowest BCUT2D eigenvalue weighted by Crippen LogP contribution is -2.31. The SMILES string of the molecule is CCNC(=S)N/N=C\c1ccc(Br)o1. The number of furan rings is 1. The minimum atomic E-state index is 0.495. The molecular weight excluding hydrogens is 266 g/mol. The third kappa shape index (κ3) is 3.89. The smallest absolute Gasteiger partial charge is 0.186 e. The minimum Gasteiger partial charge on any atom is -0.448 e. The molecule has 0 unspecified atom stereocenters. The van der Waals surface area contributed by atoms with Crippen LogP contribution < -0.4 is 10.7 Å². The van der Waals surface area contributed by atoms with Crippen molar-refractivity contribution in [2.75, 3.05) is 6.54 Å². The van der Waals surface area contributed by atoms with E-state index in [1.165, 1.54) is 0 Å². The molecule has 0 atom stereocenters. The van der Waals surface area contributed by atoms with Gasteiger partial charge < -0.3 is 9.73 Å². The summed E-state index contributed by atoms with van der Waals surface area (Å²) in [7, 11) is 0. The number of nitrogens with zero attached hydrogens (tertiary/aromatic N) is 1. The zero-order valence-corrected chi connectivity index (χ0v) is 9.98. The van der Waals surface area contributed by atoms with Crippen LogP contribution in [0.2, 0.25) is 0 Å². The molecule has 0 saturated carbocycles. The van der Waals surface area contributed by atoms with E-state index in [1.807, 2.05) is 6.92 Å². The Bertz CT molecular complexity index is 337. The topological polar surface area (TPSA) is 49.6 Å². The number of hydrogen-bond acceptors (Lipinski definition) is 3. The molecule has 0 spiro atoms. The van der Waals surface area contributed by atoms with E-state index in [1.54, 1.807) is 18.3 Å². The quantitative estimate of drug-likeness (QED) is 0.502. The molecule has 0 amide bonds. The summed E-state index contributed by atoms with van der Waals surface area (Å²) in [6.07, 6.45) is 1.55. The van der Waals surface area contributed by atoms with Gasteiger partial charge in [0.1, 0.15) is 5.76 Å². The van der Waals surface area contributed by atoms with Gasteiger partial charge in [-0.25, -0.2) is 0 Å². The maximum absolute atomic E-state index is 5.19. The van der Waals surface area contributed by atoms with Crippen molar-refractivity contribution in [2.24, 2.45) is 5.10 Å². The standard InChI is InChI=1S/C8H10BrN3OS/c1-2-10-8(14)12-11-5-6-3-4-7(9)13-6/h3-5H,2H2,1H3,(H2,10,12,14)/b11-5-. The van der Waals surface area contributed by atoms with Crippen molar-refractivity contribution >= 4 is 39.5 Å². The van der Waals surface area contributed by atoms with Crippen molar-refractivity contribution in [3.8, 4) is 0 Å². The summed E-state index contributed by atoms with van der Waals surface area (Å²) in [6.45, 7) is 2.73. The monoisotopic (exact) mass is 275 g/mol. The van der Waals surface area contributed by atoms with E-state index in [9.17, 15) is 0 Å². The molecule has 0 fully saturated rings. The summed E-state index contributed by atoms with van der Waals surface area (Å²) in [4.78, 5) is 0. The number of hydrazone groups is 1. The fourth-order valence-electron chi connectivity index (χ4n) is 0.752. The summed E-state index contributed by atoms with van der Waals surface area (Å²) in [5, 5.41) is 7.28. The predicted molar refractivity (Wildman–Crippen MR) is 63.4 cm³/mol. The number of rotatable bonds is 3. The molecule has 0 saturated heterocycles.